The van der Waals surface area contributed by atoms with Crippen LogP contribution < -0.4 is 9.47 Å². The van der Waals surface area contributed by atoms with Gasteiger partial charge >= 0.3 is 0 Å². The fourth-order valence-corrected chi connectivity index (χ4v) is 3.38. The average molecular weight is 467 g/mol. The van der Waals surface area contributed by atoms with Crippen LogP contribution in [0.3, 0.4) is 0 Å². The van der Waals surface area contributed by atoms with Gasteiger partial charge in [-0.1, -0.05) is 18.2 Å². The molecule has 0 saturated heterocycles. The molecule has 0 atom stereocenters. The highest BCUT2D eigenvalue weighted by atomic mass is 19.1. The van der Waals surface area contributed by atoms with E-state index in [4.69, 9.17) is 13.9 Å². The first kappa shape index (κ1) is 24.6. The summed E-state index contributed by atoms with van der Waals surface area (Å²) in [5, 5.41) is 0. The highest BCUT2D eigenvalue weighted by Crippen LogP contribution is 2.23. The number of carbonyl (C=O) groups excluding carboxylic acids is 2. The predicted octanol–water partition coefficient (Wildman–Crippen LogP) is 4.29. The summed E-state index contributed by atoms with van der Waals surface area (Å²) in [6.45, 7) is 4.11. The van der Waals surface area contributed by atoms with Crippen LogP contribution in [-0.2, 0) is 17.9 Å². The number of rotatable bonds is 11. The Morgan fingerprint density at radius 1 is 1.00 bits per heavy atom. The Labute approximate surface area is 198 Å². The third kappa shape index (κ3) is 6.48. The van der Waals surface area contributed by atoms with Crippen LogP contribution in [0, 0.1) is 5.82 Å². The van der Waals surface area contributed by atoms with Crippen molar-refractivity contribution in [2.45, 2.75) is 13.1 Å². The van der Waals surface area contributed by atoms with E-state index in [0.29, 0.717) is 22.8 Å². The molecule has 0 unspecified atom stereocenters. The monoisotopic (exact) mass is 466 g/mol. The van der Waals surface area contributed by atoms with Crippen LogP contribution in [0.2, 0.25) is 0 Å². The fourth-order valence-electron chi connectivity index (χ4n) is 3.38. The van der Waals surface area contributed by atoms with E-state index in [1.807, 2.05) is 0 Å². The lowest BCUT2D eigenvalue weighted by atomic mass is 10.1. The Morgan fingerprint density at radius 2 is 1.68 bits per heavy atom. The summed E-state index contributed by atoms with van der Waals surface area (Å²) in [5.41, 5.74) is 1.07. The summed E-state index contributed by atoms with van der Waals surface area (Å²) < 4.78 is 29.3. The third-order valence-corrected chi connectivity index (χ3v) is 5.13. The van der Waals surface area contributed by atoms with E-state index in [9.17, 15) is 14.0 Å². The maximum Gasteiger partial charge on any atom is 0.254 e. The zero-order chi connectivity index (χ0) is 24.5. The summed E-state index contributed by atoms with van der Waals surface area (Å²) in [6, 6.07) is 14.3. The van der Waals surface area contributed by atoms with Crippen LogP contribution in [0.15, 0.2) is 77.9 Å². The number of ether oxygens (including phenoxy) is 2. The number of hydrogen-bond donors (Lipinski definition) is 0. The summed E-state index contributed by atoms with van der Waals surface area (Å²) in [4.78, 5) is 29.6. The molecule has 8 heteroatoms. The van der Waals surface area contributed by atoms with Crippen LogP contribution in [0.4, 0.5) is 4.39 Å². The van der Waals surface area contributed by atoms with E-state index in [0.717, 1.165) is 5.56 Å². The highest BCUT2D eigenvalue weighted by Gasteiger charge is 2.23. The molecule has 1 aromatic heterocycles. The molecule has 0 aliphatic heterocycles. The average Bonchev–Trinajstić information content (AvgIpc) is 3.37. The molecule has 0 N–H and O–H groups in total. The van der Waals surface area contributed by atoms with Gasteiger partial charge in [0.2, 0.25) is 5.91 Å². The standard InChI is InChI=1S/C26H27FN2O5/c1-4-11-28(26(31)20-13-23(32-2)15-24(14-20)33-3)18-25(30)29(17-22-6-5-12-34-22)16-19-7-9-21(27)10-8-19/h4-10,12-15H,1,11,16-18H2,2-3H3. The zero-order valence-electron chi connectivity index (χ0n) is 19.2. The highest BCUT2D eigenvalue weighted by molar-refractivity contribution is 5.97. The lowest BCUT2D eigenvalue weighted by Crippen LogP contribution is -2.42. The number of nitrogens with zero attached hydrogens (tertiary/aromatic N) is 2. The predicted molar refractivity (Wildman–Crippen MR) is 125 cm³/mol. The molecule has 0 saturated carbocycles. The zero-order valence-corrected chi connectivity index (χ0v) is 19.2. The minimum Gasteiger partial charge on any atom is -0.497 e. The number of methoxy groups -OCH3 is 2. The van der Waals surface area contributed by atoms with E-state index in [2.05, 4.69) is 6.58 Å². The number of carbonyl (C=O) groups is 2. The van der Waals surface area contributed by atoms with Crippen molar-refractivity contribution < 1.29 is 27.9 Å². The second-order valence-electron chi connectivity index (χ2n) is 7.53. The molecule has 0 spiro atoms. The molecule has 0 radical (unpaired) electrons. The van der Waals surface area contributed by atoms with Crippen LogP contribution in [0.25, 0.3) is 0 Å². The van der Waals surface area contributed by atoms with E-state index in [-0.39, 0.29) is 43.8 Å². The summed E-state index contributed by atoms with van der Waals surface area (Å²) >= 11 is 0. The molecule has 2 amide bonds. The summed E-state index contributed by atoms with van der Waals surface area (Å²) in [6.07, 6.45) is 3.08. The molecular weight excluding hydrogens is 439 g/mol. The molecule has 1 heterocycles. The van der Waals surface area contributed by atoms with Crippen LogP contribution >= 0.6 is 0 Å². The van der Waals surface area contributed by atoms with Crippen molar-refractivity contribution in [2.75, 3.05) is 27.3 Å². The Balaban J connectivity index is 1.83. The molecule has 7 nitrogen and oxygen atoms in total. The summed E-state index contributed by atoms with van der Waals surface area (Å²) in [5.74, 6) is 0.487. The van der Waals surface area contributed by atoms with Crippen molar-refractivity contribution in [2.24, 2.45) is 0 Å². The molecule has 0 aliphatic carbocycles. The molecule has 0 aliphatic rings. The van der Waals surface area contributed by atoms with Crippen molar-refractivity contribution in [3.63, 3.8) is 0 Å². The number of hydrogen-bond acceptors (Lipinski definition) is 5. The van der Waals surface area contributed by atoms with Crippen LogP contribution in [0.5, 0.6) is 11.5 Å². The molecule has 178 valence electrons. The Hall–Kier alpha value is -4.07. The lowest BCUT2D eigenvalue weighted by Gasteiger charge is -2.27. The fraction of sp³-hybridized carbons (Fsp3) is 0.231. The van der Waals surface area contributed by atoms with E-state index in [1.54, 1.807) is 53.4 Å². The Kier molecular flexibility index (Phi) is 8.45. The van der Waals surface area contributed by atoms with Gasteiger partial charge in [-0.3, -0.25) is 9.59 Å². The second kappa shape index (κ2) is 11.7. The van der Waals surface area contributed by atoms with E-state index in [1.165, 1.54) is 37.5 Å². The maximum absolute atomic E-state index is 13.3. The van der Waals surface area contributed by atoms with Gasteiger partial charge < -0.3 is 23.7 Å². The molecular formula is C26H27FN2O5. The van der Waals surface area contributed by atoms with Gasteiger partial charge in [0.1, 0.15) is 29.6 Å². The first-order valence-electron chi connectivity index (χ1n) is 10.6. The van der Waals surface area contributed by atoms with Crippen molar-refractivity contribution in [1.82, 2.24) is 9.80 Å². The Morgan fingerprint density at radius 3 is 2.24 bits per heavy atom. The van der Waals surface area contributed by atoms with Crippen LogP contribution in [0.1, 0.15) is 21.7 Å². The van der Waals surface area contributed by atoms with Gasteiger partial charge in [0, 0.05) is 24.7 Å². The second-order valence-corrected chi connectivity index (χ2v) is 7.53. The van der Waals surface area contributed by atoms with Crippen LogP contribution in [-0.4, -0.2) is 48.9 Å². The first-order valence-corrected chi connectivity index (χ1v) is 10.6. The normalized spacial score (nSPS) is 10.4. The SMILES string of the molecule is C=CCN(CC(=O)N(Cc1ccc(F)cc1)Cc1ccco1)C(=O)c1cc(OC)cc(OC)c1. The quantitative estimate of drug-likeness (QED) is 0.394. The van der Waals surface area contributed by atoms with Gasteiger partial charge in [-0.25, -0.2) is 4.39 Å². The van der Waals surface area contributed by atoms with Crippen molar-refractivity contribution >= 4 is 11.8 Å². The number of amides is 2. The van der Waals surface area contributed by atoms with Gasteiger partial charge in [-0.2, -0.15) is 0 Å². The third-order valence-electron chi connectivity index (χ3n) is 5.13. The van der Waals surface area contributed by atoms with Gasteiger partial charge in [0.25, 0.3) is 5.91 Å². The van der Waals surface area contributed by atoms with Gasteiger partial charge in [0.15, 0.2) is 0 Å². The van der Waals surface area contributed by atoms with Crippen molar-refractivity contribution in [3.8, 4) is 11.5 Å². The number of benzene rings is 2. The van der Waals surface area contributed by atoms with Gasteiger partial charge in [-0.15, -0.1) is 6.58 Å². The maximum atomic E-state index is 13.3. The molecule has 3 aromatic rings. The molecule has 3 rings (SSSR count). The van der Waals surface area contributed by atoms with Gasteiger partial charge in [-0.05, 0) is 42.0 Å². The molecule has 34 heavy (non-hydrogen) atoms. The lowest BCUT2D eigenvalue weighted by molar-refractivity contribution is -0.133. The molecule has 0 bridgehead atoms. The number of furan rings is 1. The minimum absolute atomic E-state index is 0.162. The topological polar surface area (TPSA) is 72.2 Å². The molecule has 0 fully saturated rings. The van der Waals surface area contributed by atoms with Crippen molar-refractivity contribution in [3.05, 3.63) is 96.2 Å². The first-order chi connectivity index (χ1) is 16.4. The van der Waals surface area contributed by atoms with E-state index >= 15 is 0 Å². The Bertz CT molecular complexity index is 1090. The largest absolute Gasteiger partial charge is 0.497 e. The smallest absolute Gasteiger partial charge is 0.254 e. The molecule has 2 aromatic carbocycles. The van der Waals surface area contributed by atoms with E-state index < -0.39 is 0 Å². The minimum atomic E-state index is -0.370. The number of halogens is 1. The van der Waals surface area contributed by atoms with Crippen molar-refractivity contribution in [1.29, 1.82) is 0 Å². The van der Waals surface area contributed by atoms with Gasteiger partial charge in [0.05, 0.1) is 27.0 Å². The summed E-state index contributed by atoms with van der Waals surface area (Å²) in [7, 11) is 2.99.